The van der Waals surface area contributed by atoms with Crippen LogP contribution in [-0.2, 0) is 0 Å². The second-order valence-electron chi connectivity index (χ2n) is 3.98. The third kappa shape index (κ3) is 1.76. The first kappa shape index (κ1) is 10.9. The number of nitrogen functional groups attached to an aromatic ring is 1. The molecule has 2 heterocycles. The minimum absolute atomic E-state index is 0.119. The van der Waals surface area contributed by atoms with Crippen molar-refractivity contribution in [3.8, 4) is 11.1 Å². The molecule has 0 aliphatic heterocycles. The number of hydrogen-bond donors (Lipinski definition) is 2. The van der Waals surface area contributed by atoms with Crippen molar-refractivity contribution in [3.63, 3.8) is 0 Å². The van der Waals surface area contributed by atoms with Crippen LogP contribution in [0.3, 0.4) is 0 Å². The van der Waals surface area contributed by atoms with Crippen molar-refractivity contribution in [3.05, 3.63) is 53.7 Å². The largest absolute Gasteiger partial charge is 0.383 e. The third-order valence-corrected chi connectivity index (χ3v) is 3.93. The van der Waals surface area contributed by atoms with Crippen LogP contribution in [0.1, 0.15) is 4.88 Å². The number of amidine groups is 1. The maximum absolute atomic E-state index is 7.52. The average molecular weight is 253 g/mol. The number of benzene rings is 1. The Labute approximate surface area is 108 Å². The lowest BCUT2D eigenvalue weighted by molar-refractivity contribution is 1.33. The molecule has 88 valence electrons. The predicted octanol–water partition coefficient (Wildman–Crippen LogP) is 3.25. The SMILES string of the molecule is N=C(N)c1cc2c(-c3cccnc3)cccc2s1. The van der Waals surface area contributed by atoms with Gasteiger partial charge in [0, 0.05) is 28.0 Å². The van der Waals surface area contributed by atoms with Gasteiger partial charge < -0.3 is 5.73 Å². The predicted molar refractivity (Wildman–Crippen MR) is 76.1 cm³/mol. The molecule has 0 bridgehead atoms. The highest BCUT2D eigenvalue weighted by atomic mass is 32.1. The number of nitrogens with two attached hydrogens (primary N) is 1. The number of rotatable bonds is 2. The zero-order valence-electron chi connectivity index (χ0n) is 9.55. The Kier molecular flexibility index (Phi) is 2.57. The van der Waals surface area contributed by atoms with E-state index in [4.69, 9.17) is 11.1 Å². The summed E-state index contributed by atoms with van der Waals surface area (Å²) in [6.45, 7) is 0. The summed E-state index contributed by atoms with van der Waals surface area (Å²) in [5, 5.41) is 8.64. The molecule has 0 fully saturated rings. The fourth-order valence-electron chi connectivity index (χ4n) is 1.97. The normalized spacial score (nSPS) is 10.7. The minimum atomic E-state index is 0.119. The van der Waals surface area contributed by atoms with Crippen LogP contribution in [0, 0.1) is 5.41 Å². The number of thiophene rings is 1. The highest BCUT2D eigenvalue weighted by Crippen LogP contribution is 2.33. The third-order valence-electron chi connectivity index (χ3n) is 2.80. The summed E-state index contributed by atoms with van der Waals surface area (Å²) in [6.07, 6.45) is 3.61. The van der Waals surface area contributed by atoms with Crippen molar-refractivity contribution in [1.29, 1.82) is 5.41 Å². The van der Waals surface area contributed by atoms with Gasteiger partial charge in [-0.3, -0.25) is 10.4 Å². The minimum Gasteiger partial charge on any atom is -0.383 e. The standard InChI is InChI=1S/C14H11N3S/c15-14(16)13-7-11-10(4-1-5-12(11)18-13)9-3-2-6-17-8-9/h1-8H,(H3,15,16). The quantitative estimate of drug-likeness (QED) is 0.544. The first-order valence-corrected chi connectivity index (χ1v) is 6.35. The smallest absolute Gasteiger partial charge is 0.133 e. The van der Waals surface area contributed by atoms with E-state index in [1.54, 1.807) is 17.5 Å². The van der Waals surface area contributed by atoms with Gasteiger partial charge in [-0.15, -0.1) is 11.3 Å². The summed E-state index contributed by atoms with van der Waals surface area (Å²) in [4.78, 5) is 4.95. The van der Waals surface area contributed by atoms with Gasteiger partial charge in [0.15, 0.2) is 0 Å². The Hall–Kier alpha value is -2.20. The molecule has 4 heteroatoms. The Morgan fingerprint density at radius 2 is 2.11 bits per heavy atom. The van der Waals surface area contributed by atoms with Crippen LogP contribution in [0.4, 0.5) is 0 Å². The highest BCUT2D eigenvalue weighted by Gasteiger charge is 2.09. The molecule has 0 aliphatic carbocycles. The number of hydrogen-bond acceptors (Lipinski definition) is 3. The molecule has 0 unspecified atom stereocenters. The van der Waals surface area contributed by atoms with Crippen molar-refractivity contribution in [2.45, 2.75) is 0 Å². The van der Waals surface area contributed by atoms with E-state index in [1.165, 1.54) is 0 Å². The maximum Gasteiger partial charge on any atom is 0.133 e. The molecule has 0 amide bonds. The fraction of sp³-hybridized carbons (Fsp3) is 0. The zero-order chi connectivity index (χ0) is 12.5. The molecule has 3 rings (SSSR count). The van der Waals surface area contributed by atoms with Gasteiger partial charge in [0.2, 0.25) is 0 Å². The second kappa shape index (κ2) is 4.23. The number of pyridine rings is 1. The second-order valence-corrected chi connectivity index (χ2v) is 5.07. The number of aromatic nitrogens is 1. The lowest BCUT2D eigenvalue weighted by atomic mass is 10.0. The van der Waals surface area contributed by atoms with E-state index in [-0.39, 0.29) is 5.84 Å². The van der Waals surface area contributed by atoms with Gasteiger partial charge in [0.05, 0.1) is 4.88 Å². The van der Waals surface area contributed by atoms with E-state index in [0.29, 0.717) is 0 Å². The molecule has 3 aromatic rings. The molecule has 2 aromatic heterocycles. The Balaban J connectivity index is 2.27. The van der Waals surface area contributed by atoms with Gasteiger partial charge in [-0.1, -0.05) is 18.2 Å². The molecule has 18 heavy (non-hydrogen) atoms. The lowest BCUT2D eigenvalue weighted by Crippen LogP contribution is -2.08. The van der Waals surface area contributed by atoms with Crippen LogP contribution in [-0.4, -0.2) is 10.8 Å². The van der Waals surface area contributed by atoms with E-state index in [2.05, 4.69) is 11.1 Å². The highest BCUT2D eigenvalue weighted by molar-refractivity contribution is 7.20. The van der Waals surface area contributed by atoms with Crippen LogP contribution >= 0.6 is 11.3 Å². The van der Waals surface area contributed by atoms with E-state index < -0.39 is 0 Å². The van der Waals surface area contributed by atoms with Crippen molar-refractivity contribution in [1.82, 2.24) is 4.98 Å². The number of fused-ring (bicyclic) bond motifs is 1. The summed E-state index contributed by atoms with van der Waals surface area (Å²) >= 11 is 1.54. The van der Waals surface area contributed by atoms with Crippen LogP contribution in [0.15, 0.2) is 48.8 Å². The van der Waals surface area contributed by atoms with Crippen LogP contribution in [0.25, 0.3) is 21.2 Å². The van der Waals surface area contributed by atoms with E-state index in [1.807, 2.05) is 36.5 Å². The number of nitrogens with zero attached hydrogens (tertiary/aromatic N) is 1. The van der Waals surface area contributed by atoms with E-state index in [0.717, 1.165) is 26.1 Å². The van der Waals surface area contributed by atoms with Crippen LogP contribution in [0.2, 0.25) is 0 Å². The van der Waals surface area contributed by atoms with Gasteiger partial charge >= 0.3 is 0 Å². The molecule has 3 nitrogen and oxygen atoms in total. The Bertz CT molecular complexity index is 716. The molecule has 0 spiro atoms. The molecular weight excluding hydrogens is 242 g/mol. The van der Waals surface area contributed by atoms with Gasteiger partial charge in [-0.05, 0) is 23.8 Å². The molecule has 0 saturated carbocycles. The lowest BCUT2D eigenvalue weighted by Gasteiger charge is -2.02. The van der Waals surface area contributed by atoms with Gasteiger partial charge in [-0.2, -0.15) is 0 Å². The van der Waals surface area contributed by atoms with Crippen molar-refractivity contribution < 1.29 is 0 Å². The first-order valence-electron chi connectivity index (χ1n) is 5.53. The molecular formula is C14H11N3S. The fourth-order valence-corrected chi connectivity index (χ4v) is 2.92. The molecule has 0 saturated heterocycles. The maximum atomic E-state index is 7.52. The zero-order valence-corrected chi connectivity index (χ0v) is 10.4. The van der Waals surface area contributed by atoms with Crippen molar-refractivity contribution in [2.75, 3.05) is 0 Å². The number of nitrogens with one attached hydrogen (secondary N) is 1. The average Bonchev–Trinajstić information content (AvgIpc) is 2.83. The topological polar surface area (TPSA) is 62.8 Å². The molecule has 1 aromatic carbocycles. The summed E-state index contributed by atoms with van der Waals surface area (Å²) in [5.41, 5.74) is 7.76. The van der Waals surface area contributed by atoms with E-state index >= 15 is 0 Å². The summed E-state index contributed by atoms with van der Waals surface area (Å²) in [5.74, 6) is 0.119. The van der Waals surface area contributed by atoms with E-state index in [9.17, 15) is 0 Å². The molecule has 3 N–H and O–H groups in total. The summed E-state index contributed by atoms with van der Waals surface area (Å²) in [6, 6.07) is 12.1. The molecule has 0 aliphatic rings. The monoisotopic (exact) mass is 253 g/mol. The van der Waals surface area contributed by atoms with Crippen LogP contribution < -0.4 is 5.73 Å². The van der Waals surface area contributed by atoms with Crippen molar-refractivity contribution in [2.24, 2.45) is 5.73 Å². The molecule has 0 radical (unpaired) electrons. The van der Waals surface area contributed by atoms with Gasteiger partial charge in [-0.25, -0.2) is 0 Å². The van der Waals surface area contributed by atoms with Gasteiger partial charge in [0.25, 0.3) is 0 Å². The van der Waals surface area contributed by atoms with Crippen molar-refractivity contribution >= 4 is 27.3 Å². The first-order chi connectivity index (χ1) is 8.75. The summed E-state index contributed by atoms with van der Waals surface area (Å²) in [7, 11) is 0. The van der Waals surface area contributed by atoms with Crippen LogP contribution in [0.5, 0.6) is 0 Å². The summed E-state index contributed by atoms with van der Waals surface area (Å²) < 4.78 is 1.14. The Morgan fingerprint density at radius 1 is 1.22 bits per heavy atom. The Morgan fingerprint density at radius 3 is 2.83 bits per heavy atom. The molecule has 0 atom stereocenters. The van der Waals surface area contributed by atoms with Gasteiger partial charge in [0.1, 0.15) is 5.84 Å².